The number of rotatable bonds is 10. The number of nitrogens with zero attached hydrogens (tertiary/aromatic N) is 3. The molecule has 0 aromatic carbocycles. The molecule has 0 aromatic rings. The Morgan fingerprint density at radius 3 is 2.42 bits per heavy atom. The fraction of sp³-hybridized carbons (Fsp3) is 0.778. The smallest absolute Gasteiger partial charge is 0.305 e. The Balaban J connectivity index is 2.11. The molecule has 12 nitrogen and oxygen atoms in total. The number of guanidine groups is 1. The largest absolute Gasteiger partial charge is 0.481 e. The van der Waals surface area contributed by atoms with E-state index in [9.17, 15) is 22.8 Å². The lowest BCUT2D eigenvalue weighted by atomic mass is 10.0. The van der Waals surface area contributed by atoms with Crippen LogP contribution in [0.4, 0.5) is 0 Å². The second kappa shape index (κ2) is 10.3. The number of amides is 2. The summed E-state index contributed by atoms with van der Waals surface area (Å²) in [5.41, 5.74) is 5.55. The number of nitrogens with two attached hydrogens (primary N) is 1. The van der Waals surface area contributed by atoms with Gasteiger partial charge in [-0.25, -0.2) is 13.1 Å². The third-order valence-electron chi connectivity index (χ3n) is 5.55. The van der Waals surface area contributed by atoms with E-state index in [4.69, 9.17) is 16.2 Å². The van der Waals surface area contributed by atoms with Crippen molar-refractivity contribution >= 4 is 33.8 Å². The lowest BCUT2D eigenvalue weighted by Gasteiger charge is -2.38. The Labute approximate surface area is 182 Å². The van der Waals surface area contributed by atoms with Gasteiger partial charge in [0.05, 0.1) is 19.1 Å². The van der Waals surface area contributed by atoms with E-state index in [0.717, 1.165) is 12.7 Å². The van der Waals surface area contributed by atoms with E-state index in [1.165, 1.54) is 9.80 Å². The van der Waals surface area contributed by atoms with E-state index in [2.05, 4.69) is 4.72 Å². The molecule has 2 aliphatic rings. The molecular weight excluding hydrogens is 428 g/mol. The van der Waals surface area contributed by atoms with Crippen molar-refractivity contribution in [3.05, 3.63) is 0 Å². The van der Waals surface area contributed by atoms with E-state index in [0.29, 0.717) is 32.4 Å². The molecule has 0 unspecified atom stereocenters. The molecule has 0 spiro atoms. The first kappa shape index (κ1) is 24.9. The summed E-state index contributed by atoms with van der Waals surface area (Å²) < 4.78 is 25.9. The van der Waals surface area contributed by atoms with Gasteiger partial charge in [-0.1, -0.05) is 0 Å². The van der Waals surface area contributed by atoms with Gasteiger partial charge in [-0.05, 0) is 25.7 Å². The number of carbonyl (C=O) groups is 3. The molecular formula is C18H32N6O6S. The maximum atomic E-state index is 13.1. The van der Waals surface area contributed by atoms with Crippen LogP contribution >= 0.6 is 0 Å². The van der Waals surface area contributed by atoms with Crippen LogP contribution in [0, 0.1) is 5.41 Å². The average Bonchev–Trinajstić information content (AvgIpc) is 3.50. The summed E-state index contributed by atoms with van der Waals surface area (Å²) in [6, 6.07) is -1.66. The van der Waals surface area contributed by atoms with Crippen LogP contribution in [0.5, 0.6) is 0 Å². The molecule has 2 amide bonds. The van der Waals surface area contributed by atoms with Crippen molar-refractivity contribution in [1.82, 2.24) is 19.4 Å². The lowest BCUT2D eigenvalue weighted by Crippen LogP contribution is -2.54. The van der Waals surface area contributed by atoms with Gasteiger partial charge in [-0.15, -0.1) is 0 Å². The molecule has 31 heavy (non-hydrogen) atoms. The zero-order valence-corrected chi connectivity index (χ0v) is 18.7. The number of carboxylic acids is 1. The van der Waals surface area contributed by atoms with Gasteiger partial charge in [0.15, 0.2) is 5.96 Å². The van der Waals surface area contributed by atoms with Crippen LogP contribution in [-0.4, -0.2) is 103 Å². The Bertz CT molecular complexity index is 814. The number of nitrogens with one attached hydrogen (secondary N) is 2. The summed E-state index contributed by atoms with van der Waals surface area (Å²) >= 11 is 0. The van der Waals surface area contributed by atoms with Crippen LogP contribution in [0.3, 0.4) is 0 Å². The van der Waals surface area contributed by atoms with Gasteiger partial charge in [0.25, 0.3) is 0 Å². The van der Waals surface area contributed by atoms with Crippen molar-refractivity contribution < 1.29 is 27.9 Å². The molecule has 5 N–H and O–H groups in total. The summed E-state index contributed by atoms with van der Waals surface area (Å²) in [6.07, 6.45) is 3.15. The van der Waals surface area contributed by atoms with Crippen LogP contribution < -0.4 is 10.5 Å². The zero-order valence-electron chi connectivity index (χ0n) is 17.9. The number of likely N-dealkylation sites (tertiary alicyclic amines) is 1. The summed E-state index contributed by atoms with van der Waals surface area (Å²) in [7, 11) is -2.21. The second-order valence-corrected chi connectivity index (χ2v) is 9.97. The minimum Gasteiger partial charge on any atom is -0.481 e. The molecule has 1 aliphatic carbocycles. The van der Waals surface area contributed by atoms with Gasteiger partial charge in [0.2, 0.25) is 21.8 Å². The molecule has 0 bridgehead atoms. The highest BCUT2D eigenvalue weighted by molar-refractivity contribution is 7.88. The highest BCUT2D eigenvalue weighted by Gasteiger charge is 2.38. The topological polar surface area (TPSA) is 177 Å². The number of aliphatic carboxylic acids is 1. The van der Waals surface area contributed by atoms with E-state index in [1.807, 2.05) is 0 Å². The van der Waals surface area contributed by atoms with Gasteiger partial charge in [-0.3, -0.25) is 19.8 Å². The third kappa shape index (κ3) is 7.65. The van der Waals surface area contributed by atoms with Gasteiger partial charge in [0, 0.05) is 38.8 Å². The van der Waals surface area contributed by atoms with E-state index >= 15 is 0 Å². The minimum absolute atomic E-state index is 0.0407. The lowest BCUT2D eigenvalue weighted by molar-refractivity contribution is -0.142. The summed E-state index contributed by atoms with van der Waals surface area (Å²) in [5.74, 6) is -2.14. The van der Waals surface area contributed by atoms with Crippen LogP contribution in [0.15, 0.2) is 0 Å². The monoisotopic (exact) mass is 460 g/mol. The highest BCUT2D eigenvalue weighted by Crippen LogP contribution is 2.28. The molecule has 1 saturated heterocycles. The number of carbonyl (C=O) groups excluding carboxylic acids is 2. The number of hydrogen-bond acceptors (Lipinski definition) is 6. The van der Waals surface area contributed by atoms with Crippen molar-refractivity contribution in [3.8, 4) is 0 Å². The third-order valence-corrected chi connectivity index (χ3v) is 6.26. The van der Waals surface area contributed by atoms with E-state index in [1.54, 1.807) is 11.9 Å². The molecule has 176 valence electrons. The molecule has 2 atom stereocenters. The van der Waals surface area contributed by atoms with Crippen molar-refractivity contribution in [2.75, 3.05) is 32.9 Å². The number of hydrogen-bond donors (Lipinski definition) is 4. The summed E-state index contributed by atoms with van der Waals surface area (Å²) in [4.78, 5) is 41.4. The first-order valence-corrected chi connectivity index (χ1v) is 12.1. The number of sulfonamides is 1. The molecule has 0 radical (unpaired) electrons. The normalized spacial score (nSPS) is 20.1. The van der Waals surface area contributed by atoms with E-state index in [-0.39, 0.29) is 37.4 Å². The molecule has 1 saturated carbocycles. The molecule has 0 aromatic heterocycles. The number of piperidine rings is 1. The maximum Gasteiger partial charge on any atom is 0.305 e. The van der Waals surface area contributed by atoms with E-state index < -0.39 is 33.8 Å². The Morgan fingerprint density at radius 1 is 1.26 bits per heavy atom. The molecule has 2 fully saturated rings. The summed E-state index contributed by atoms with van der Waals surface area (Å²) in [5, 5.41) is 16.5. The van der Waals surface area contributed by atoms with Gasteiger partial charge >= 0.3 is 5.97 Å². The van der Waals surface area contributed by atoms with Crippen LogP contribution in [0.25, 0.3) is 0 Å². The first-order chi connectivity index (χ1) is 14.4. The standard InChI is InChI=1S/C18H32N6O6S/c1-22(13-4-3-8-23(11-13)18(19)20)15(25)10-14(21-31(2,29)30)17(28)24(12-5-6-12)9-7-16(26)27/h12-14,21H,3-11H2,1-2H3,(H3,19,20)(H,26,27)/t13-,14-/m0/s1. The molecule has 13 heteroatoms. The number of carboxylic acid groups (broad SMARTS) is 1. The van der Waals surface area contributed by atoms with Gasteiger partial charge < -0.3 is 25.5 Å². The summed E-state index contributed by atoms with van der Waals surface area (Å²) in [6.45, 7) is 0.980. The minimum atomic E-state index is -3.79. The predicted octanol–water partition coefficient (Wildman–Crippen LogP) is -1.42. The molecule has 1 aliphatic heterocycles. The Kier molecular flexibility index (Phi) is 8.23. The van der Waals surface area contributed by atoms with Crippen molar-refractivity contribution in [3.63, 3.8) is 0 Å². The van der Waals surface area contributed by atoms with Gasteiger partial charge in [0.1, 0.15) is 6.04 Å². The number of likely N-dealkylation sites (N-methyl/N-ethyl adjacent to an activating group) is 1. The average molecular weight is 461 g/mol. The zero-order chi connectivity index (χ0) is 23.3. The van der Waals surface area contributed by atoms with Crippen LogP contribution in [-0.2, 0) is 24.4 Å². The van der Waals surface area contributed by atoms with Crippen molar-refractivity contribution in [1.29, 1.82) is 5.41 Å². The predicted molar refractivity (Wildman–Crippen MR) is 113 cm³/mol. The fourth-order valence-corrected chi connectivity index (χ4v) is 4.43. The second-order valence-electron chi connectivity index (χ2n) is 8.19. The van der Waals surface area contributed by atoms with Gasteiger partial charge in [-0.2, -0.15) is 0 Å². The molecule has 1 heterocycles. The Morgan fingerprint density at radius 2 is 1.90 bits per heavy atom. The highest BCUT2D eigenvalue weighted by atomic mass is 32.2. The first-order valence-electron chi connectivity index (χ1n) is 10.2. The SMILES string of the molecule is CN(C(=O)C[C@H](NS(C)(=O)=O)C(=O)N(CCC(=O)O)C1CC1)[C@H]1CCCN(C(=N)N)C1. The van der Waals surface area contributed by atoms with Crippen molar-refractivity contribution in [2.24, 2.45) is 5.73 Å². The maximum absolute atomic E-state index is 13.1. The fourth-order valence-electron chi connectivity index (χ4n) is 3.72. The van der Waals surface area contributed by atoms with Crippen LogP contribution in [0.2, 0.25) is 0 Å². The Hall–Kier alpha value is -2.41. The quantitative estimate of drug-likeness (QED) is 0.226. The van der Waals surface area contributed by atoms with Crippen molar-refractivity contribution in [2.45, 2.75) is 56.7 Å². The van der Waals surface area contributed by atoms with Crippen LogP contribution in [0.1, 0.15) is 38.5 Å². The molecule has 2 rings (SSSR count).